The van der Waals surface area contributed by atoms with E-state index in [2.05, 4.69) is 17.2 Å². The summed E-state index contributed by atoms with van der Waals surface area (Å²) in [5.41, 5.74) is 2.31. The van der Waals surface area contributed by atoms with Crippen molar-refractivity contribution in [3.8, 4) is 0 Å². The molecule has 0 saturated carbocycles. The molecule has 0 unspecified atom stereocenters. The van der Waals surface area contributed by atoms with E-state index < -0.39 is 0 Å². The number of urea groups is 1. The van der Waals surface area contributed by atoms with Gasteiger partial charge in [-0.05, 0) is 17.7 Å². The quantitative estimate of drug-likeness (QED) is 0.907. The number of amides is 2. The second-order valence-corrected chi connectivity index (χ2v) is 6.17. The van der Waals surface area contributed by atoms with Gasteiger partial charge in [0.05, 0.1) is 13.2 Å². The van der Waals surface area contributed by atoms with Gasteiger partial charge in [-0.2, -0.15) is 0 Å². The number of rotatable bonds is 4. The van der Waals surface area contributed by atoms with E-state index in [0.29, 0.717) is 13.1 Å². The fourth-order valence-electron chi connectivity index (χ4n) is 2.80. The number of fused-ring (bicyclic) bond motifs is 1. The van der Waals surface area contributed by atoms with Crippen molar-refractivity contribution < 1.29 is 9.53 Å². The van der Waals surface area contributed by atoms with E-state index in [-0.39, 0.29) is 11.4 Å². The van der Waals surface area contributed by atoms with E-state index in [4.69, 9.17) is 4.74 Å². The highest BCUT2D eigenvalue weighted by molar-refractivity contribution is 5.83. The van der Waals surface area contributed by atoms with Crippen LogP contribution in [0, 0.1) is 5.41 Å². The number of carbonyl (C=O) groups excluding carboxylic acids is 1. The van der Waals surface area contributed by atoms with E-state index in [1.807, 2.05) is 37.5 Å². The standard InChI is InChI=1S/C16H21N3O2/c1-16(10-21-11-16)9-19(2)15(20)18-8-12-4-3-5-14-13(12)6-7-17-14/h3-7,17H,8-11H2,1-2H3,(H,18,20). The zero-order valence-corrected chi connectivity index (χ0v) is 12.5. The topological polar surface area (TPSA) is 57.4 Å². The van der Waals surface area contributed by atoms with Crippen LogP contribution in [0.15, 0.2) is 30.5 Å². The zero-order chi connectivity index (χ0) is 14.9. The van der Waals surface area contributed by atoms with Crippen LogP contribution in [0.25, 0.3) is 10.9 Å². The van der Waals surface area contributed by atoms with Gasteiger partial charge in [0.15, 0.2) is 0 Å². The monoisotopic (exact) mass is 287 g/mol. The highest BCUT2D eigenvalue weighted by Crippen LogP contribution is 2.27. The Morgan fingerprint density at radius 2 is 2.24 bits per heavy atom. The van der Waals surface area contributed by atoms with Crippen molar-refractivity contribution in [3.05, 3.63) is 36.0 Å². The van der Waals surface area contributed by atoms with Crippen LogP contribution in [0.3, 0.4) is 0 Å². The first-order valence-electron chi connectivity index (χ1n) is 7.19. The summed E-state index contributed by atoms with van der Waals surface area (Å²) in [5.74, 6) is 0. The molecule has 2 N–H and O–H groups in total. The number of carbonyl (C=O) groups is 1. The predicted molar refractivity (Wildman–Crippen MR) is 82.1 cm³/mol. The van der Waals surface area contributed by atoms with Crippen molar-refractivity contribution in [2.75, 3.05) is 26.8 Å². The third-order valence-electron chi connectivity index (χ3n) is 3.98. The molecule has 5 heteroatoms. The van der Waals surface area contributed by atoms with Crippen LogP contribution in [-0.4, -0.2) is 42.7 Å². The second-order valence-electron chi connectivity index (χ2n) is 6.17. The fraction of sp³-hybridized carbons (Fsp3) is 0.438. The number of aromatic nitrogens is 1. The van der Waals surface area contributed by atoms with E-state index in [1.54, 1.807) is 4.90 Å². The van der Waals surface area contributed by atoms with Gasteiger partial charge in [0.1, 0.15) is 0 Å². The minimum absolute atomic E-state index is 0.0457. The molecular weight excluding hydrogens is 266 g/mol. The molecular formula is C16H21N3O2. The maximum Gasteiger partial charge on any atom is 0.317 e. The highest BCUT2D eigenvalue weighted by Gasteiger charge is 2.35. The normalized spacial score (nSPS) is 16.5. The molecule has 2 aromatic rings. The number of aromatic amines is 1. The molecule has 2 amide bonds. The van der Waals surface area contributed by atoms with Crippen LogP contribution >= 0.6 is 0 Å². The Morgan fingerprint density at radius 1 is 1.43 bits per heavy atom. The summed E-state index contributed by atoms with van der Waals surface area (Å²) in [4.78, 5) is 17.1. The van der Waals surface area contributed by atoms with Crippen molar-refractivity contribution >= 4 is 16.9 Å². The first-order chi connectivity index (χ1) is 10.1. The van der Waals surface area contributed by atoms with Gasteiger partial charge in [0.2, 0.25) is 0 Å². The van der Waals surface area contributed by atoms with Gasteiger partial charge >= 0.3 is 6.03 Å². The molecule has 3 rings (SSSR count). The largest absolute Gasteiger partial charge is 0.380 e. The molecule has 2 heterocycles. The molecule has 0 radical (unpaired) electrons. The smallest absolute Gasteiger partial charge is 0.317 e. The van der Waals surface area contributed by atoms with Gasteiger partial charge in [-0.3, -0.25) is 0 Å². The summed E-state index contributed by atoms with van der Waals surface area (Å²) in [6, 6.07) is 8.06. The number of benzene rings is 1. The van der Waals surface area contributed by atoms with Crippen molar-refractivity contribution in [2.45, 2.75) is 13.5 Å². The summed E-state index contributed by atoms with van der Waals surface area (Å²) in [5, 5.41) is 4.14. The van der Waals surface area contributed by atoms with Gasteiger partial charge < -0.3 is 19.9 Å². The molecule has 1 aliphatic rings. The van der Waals surface area contributed by atoms with Gasteiger partial charge in [0, 0.05) is 42.7 Å². The third kappa shape index (κ3) is 2.88. The molecule has 0 aliphatic carbocycles. The van der Waals surface area contributed by atoms with Gasteiger partial charge in [0.25, 0.3) is 0 Å². The maximum atomic E-state index is 12.2. The molecule has 0 bridgehead atoms. The highest BCUT2D eigenvalue weighted by atomic mass is 16.5. The van der Waals surface area contributed by atoms with Gasteiger partial charge in [-0.15, -0.1) is 0 Å². The molecule has 21 heavy (non-hydrogen) atoms. The molecule has 112 valence electrons. The molecule has 1 aromatic heterocycles. The van der Waals surface area contributed by atoms with Crippen molar-refractivity contribution in [1.29, 1.82) is 0 Å². The Hall–Kier alpha value is -2.01. The second kappa shape index (κ2) is 5.41. The van der Waals surface area contributed by atoms with Gasteiger partial charge in [-0.1, -0.05) is 19.1 Å². The third-order valence-corrected chi connectivity index (χ3v) is 3.98. The fourth-order valence-corrected chi connectivity index (χ4v) is 2.80. The molecule has 0 atom stereocenters. The minimum Gasteiger partial charge on any atom is -0.380 e. The Bertz CT molecular complexity index is 646. The number of ether oxygens (including phenoxy) is 1. The van der Waals surface area contributed by atoms with Crippen LogP contribution in [0.4, 0.5) is 4.79 Å². The summed E-state index contributed by atoms with van der Waals surface area (Å²) < 4.78 is 5.23. The predicted octanol–water partition coefficient (Wildman–Crippen LogP) is 2.35. The Morgan fingerprint density at radius 3 is 2.95 bits per heavy atom. The van der Waals surface area contributed by atoms with Crippen LogP contribution in [0.1, 0.15) is 12.5 Å². The van der Waals surface area contributed by atoms with Crippen LogP contribution < -0.4 is 5.32 Å². The Kier molecular flexibility index (Phi) is 3.59. The Labute approximate surface area is 124 Å². The maximum absolute atomic E-state index is 12.2. The van der Waals surface area contributed by atoms with E-state index >= 15 is 0 Å². The molecule has 1 aliphatic heterocycles. The zero-order valence-electron chi connectivity index (χ0n) is 12.5. The van der Waals surface area contributed by atoms with E-state index in [1.165, 1.54) is 0 Å². The number of nitrogens with one attached hydrogen (secondary N) is 2. The SMILES string of the molecule is CN(CC1(C)COC1)C(=O)NCc1cccc2[nH]ccc12. The first-order valence-corrected chi connectivity index (χ1v) is 7.19. The van der Waals surface area contributed by atoms with E-state index in [0.717, 1.165) is 29.7 Å². The van der Waals surface area contributed by atoms with Crippen molar-refractivity contribution in [3.63, 3.8) is 0 Å². The van der Waals surface area contributed by atoms with Gasteiger partial charge in [-0.25, -0.2) is 4.79 Å². The van der Waals surface area contributed by atoms with E-state index in [9.17, 15) is 4.79 Å². The molecule has 1 fully saturated rings. The lowest BCUT2D eigenvalue weighted by Gasteiger charge is -2.40. The molecule has 1 aromatic carbocycles. The summed E-state index contributed by atoms with van der Waals surface area (Å²) in [6.45, 7) is 4.85. The molecule has 0 spiro atoms. The van der Waals surface area contributed by atoms with Crippen LogP contribution in [0.2, 0.25) is 0 Å². The minimum atomic E-state index is -0.0457. The van der Waals surface area contributed by atoms with Crippen LogP contribution in [-0.2, 0) is 11.3 Å². The first kappa shape index (κ1) is 13.9. The lowest BCUT2D eigenvalue weighted by Crippen LogP contribution is -2.51. The number of hydrogen-bond acceptors (Lipinski definition) is 2. The lowest BCUT2D eigenvalue weighted by molar-refractivity contribution is -0.108. The van der Waals surface area contributed by atoms with Crippen LogP contribution in [0.5, 0.6) is 0 Å². The molecule has 1 saturated heterocycles. The number of H-pyrrole nitrogens is 1. The summed E-state index contributed by atoms with van der Waals surface area (Å²) in [7, 11) is 1.83. The van der Waals surface area contributed by atoms with Crippen molar-refractivity contribution in [1.82, 2.24) is 15.2 Å². The lowest BCUT2D eigenvalue weighted by atomic mass is 9.88. The number of hydrogen-bond donors (Lipinski definition) is 2. The van der Waals surface area contributed by atoms with Crippen molar-refractivity contribution in [2.24, 2.45) is 5.41 Å². The summed E-state index contributed by atoms with van der Waals surface area (Å²) >= 11 is 0. The summed E-state index contributed by atoms with van der Waals surface area (Å²) in [6.07, 6.45) is 1.92. The average molecular weight is 287 g/mol. The average Bonchev–Trinajstić information content (AvgIpc) is 2.91. The number of nitrogens with zero attached hydrogens (tertiary/aromatic N) is 1. The molecule has 5 nitrogen and oxygen atoms in total. The Balaban J connectivity index is 1.59.